The van der Waals surface area contributed by atoms with Crippen molar-refractivity contribution < 1.29 is 0 Å². The minimum absolute atomic E-state index is 0.0328. The molecule has 0 fully saturated rings. The molecule has 118 valence electrons. The summed E-state index contributed by atoms with van der Waals surface area (Å²) in [6.07, 6.45) is 4.37. The van der Waals surface area contributed by atoms with Crippen LogP contribution < -0.4 is 0 Å². The molecule has 0 spiro atoms. The molecular formula is C23H19Br. The van der Waals surface area contributed by atoms with Crippen molar-refractivity contribution in [2.24, 2.45) is 0 Å². The third-order valence-corrected chi connectivity index (χ3v) is 5.42. The van der Waals surface area contributed by atoms with E-state index in [0.717, 1.165) is 4.47 Å². The molecule has 24 heavy (non-hydrogen) atoms. The molecule has 0 radical (unpaired) electrons. The van der Waals surface area contributed by atoms with Crippen molar-refractivity contribution >= 4 is 28.1 Å². The molecule has 1 heteroatoms. The van der Waals surface area contributed by atoms with Gasteiger partial charge in [-0.15, -0.1) is 0 Å². The standard InChI is InChI=1S/C23H19Br/c1-23(2)21-14-17(9-8-16-6-4-3-5-7-16)10-12-19(21)20-13-11-18(24)15-22(20)23/h3-15H,1-2H3. The summed E-state index contributed by atoms with van der Waals surface area (Å²) in [5.74, 6) is 0. The molecule has 0 aromatic heterocycles. The number of halogens is 1. The van der Waals surface area contributed by atoms with Crippen LogP contribution in [0.4, 0.5) is 0 Å². The zero-order chi connectivity index (χ0) is 16.7. The molecule has 0 saturated carbocycles. The molecule has 3 aromatic carbocycles. The van der Waals surface area contributed by atoms with E-state index in [4.69, 9.17) is 0 Å². The van der Waals surface area contributed by atoms with E-state index in [2.05, 4.69) is 103 Å². The van der Waals surface area contributed by atoms with Crippen molar-refractivity contribution in [1.29, 1.82) is 0 Å². The van der Waals surface area contributed by atoms with Crippen molar-refractivity contribution in [1.82, 2.24) is 0 Å². The molecule has 0 saturated heterocycles. The van der Waals surface area contributed by atoms with Crippen molar-refractivity contribution in [2.45, 2.75) is 19.3 Å². The highest BCUT2D eigenvalue weighted by atomic mass is 79.9. The Hall–Kier alpha value is -2.12. The maximum absolute atomic E-state index is 3.62. The summed E-state index contributed by atoms with van der Waals surface area (Å²) >= 11 is 3.62. The van der Waals surface area contributed by atoms with E-state index < -0.39 is 0 Å². The lowest BCUT2D eigenvalue weighted by Crippen LogP contribution is -2.15. The Morgan fingerprint density at radius 2 is 1.33 bits per heavy atom. The lowest BCUT2D eigenvalue weighted by molar-refractivity contribution is 0.660. The van der Waals surface area contributed by atoms with E-state index in [1.54, 1.807) is 0 Å². The Bertz CT molecular complexity index is 934. The van der Waals surface area contributed by atoms with Gasteiger partial charge in [-0.3, -0.25) is 0 Å². The van der Waals surface area contributed by atoms with Crippen LogP contribution in [-0.4, -0.2) is 0 Å². The largest absolute Gasteiger partial charge is 0.0622 e. The van der Waals surface area contributed by atoms with Crippen molar-refractivity contribution in [3.63, 3.8) is 0 Å². The number of hydrogen-bond acceptors (Lipinski definition) is 0. The highest BCUT2D eigenvalue weighted by Gasteiger charge is 2.35. The predicted molar refractivity (Wildman–Crippen MR) is 107 cm³/mol. The van der Waals surface area contributed by atoms with Crippen molar-refractivity contribution in [2.75, 3.05) is 0 Å². The summed E-state index contributed by atoms with van der Waals surface area (Å²) in [5.41, 5.74) is 8.03. The fraction of sp³-hybridized carbons (Fsp3) is 0.130. The maximum atomic E-state index is 3.62. The summed E-state index contributed by atoms with van der Waals surface area (Å²) in [6, 6.07) is 23.9. The Morgan fingerprint density at radius 3 is 2.08 bits per heavy atom. The molecule has 0 bridgehead atoms. The fourth-order valence-electron chi connectivity index (χ4n) is 3.59. The van der Waals surface area contributed by atoms with Gasteiger partial charge in [0, 0.05) is 9.89 Å². The summed E-state index contributed by atoms with van der Waals surface area (Å²) in [6.45, 7) is 4.63. The normalized spacial score (nSPS) is 14.6. The zero-order valence-electron chi connectivity index (χ0n) is 13.9. The minimum atomic E-state index is 0.0328. The van der Waals surface area contributed by atoms with Gasteiger partial charge in [0.15, 0.2) is 0 Å². The minimum Gasteiger partial charge on any atom is -0.0622 e. The first-order valence-electron chi connectivity index (χ1n) is 8.24. The van der Waals surface area contributed by atoms with Crippen LogP contribution in [0.1, 0.15) is 36.1 Å². The van der Waals surface area contributed by atoms with Crippen LogP contribution in [0.5, 0.6) is 0 Å². The molecule has 1 aliphatic carbocycles. The SMILES string of the molecule is CC1(C)c2cc(Br)ccc2-c2ccc(C=Cc3ccccc3)cc21. The molecule has 0 nitrogen and oxygen atoms in total. The molecule has 0 heterocycles. The van der Waals surface area contributed by atoms with Gasteiger partial charge in [-0.2, -0.15) is 0 Å². The van der Waals surface area contributed by atoms with E-state index in [1.165, 1.54) is 33.4 Å². The first kappa shape index (κ1) is 15.4. The van der Waals surface area contributed by atoms with Crippen LogP contribution in [0.3, 0.4) is 0 Å². The Labute approximate surface area is 152 Å². The highest BCUT2D eigenvalue weighted by molar-refractivity contribution is 9.10. The maximum Gasteiger partial charge on any atom is 0.0178 e. The van der Waals surface area contributed by atoms with E-state index in [9.17, 15) is 0 Å². The average molecular weight is 375 g/mol. The van der Waals surface area contributed by atoms with E-state index in [-0.39, 0.29) is 5.41 Å². The Morgan fingerprint density at radius 1 is 0.708 bits per heavy atom. The summed E-state index contributed by atoms with van der Waals surface area (Å²) < 4.78 is 1.14. The molecule has 0 atom stereocenters. The first-order valence-corrected chi connectivity index (χ1v) is 9.03. The zero-order valence-corrected chi connectivity index (χ0v) is 15.5. The van der Waals surface area contributed by atoms with Gasteiger partial charge in [-0.25, -0.2) is 0 Å². The molecule has 0 unspecified atom stereocenters. The molecule has 0 amide bonds. The first-order chi connectivity index (χ1) is 11.6. The molecule has 0 aliphatic heterocycles. The molecular weight excluding hydrogens is 356 g/mol. The quantitative estimate of drug-likeness (QED) is 0.426. The molecule has 0 N–H and O–H groups in total. The third kappa shape index (κ3) is 2.53. The molecule has 1 aliphatic rings. The summed E-state index contributed by atoms with van der Waals surface area (Å²) in [4.78, 5) is 0. The van der Waals surface area contributed by atoms with Gasteiger partial charge in [0.05, 0.1) is 0 Å². The Kier molecular flexibility index (Phi) is 3.69. The van der Waals surface area contributed by atoms with Gasteiger partial charge in [-0.1, -0.05) is 96.5 Å². The van der Waals surface area contributed by atoms with Gasteiger partial charge in [-0.05, 0) is 45.5 Å². The van der Waals surface area contributed by atoms with Crippen molar-refractivity contribution in [3.05, 3.63) is 93.5 Å². The van der Waals surface area contributed by atoms with E-state index in [0.29, 0.717) is 0 Å². The number of benzene rings is 3. The highest BCUT2D eigenvalue weighted by Crippen LogP contribution is 2.49. The van der Waals surface area contributed by atoms with Gasteiger partial charge < -0.3 is 0 Å². The van der Waals surface area contributed by atoms with E-state index >= 15 is 0 Å². The monoisotopic (exact) mass is 374 g/mol. The van der Waals surface area contributed by atoms with Crippen molar-refractivity contribution in [3.8, 4) is 11.1 Å². The van der Waals surface area contributed by atoms with Gasteiger partial charge in [0.2, 0.25) is 0 Å². The molecule has 4 rings (SSSR count). The second-order valence-electron chi connectivity index (χ2n) is 6.86. The second-order valence-corrected chi connectivity index (χ2v) is 7.78. The Balaban J connectivity index is 1.76. The van der Waals surface area contributed by atoms with Crippen LogP contribution in [0.15, 0.2) is 71.2 Å². The lowest BCUT2D eigenvalue weighted by Gasteiger charge is -2.21. The van der Waals surface area contributed by atoms with Gasteiger partial charge >= 0.3 is 0 Å². The smallest absolute Gasteiger partial charge is 0.0178 e. The summed E-state index contributed by atoms with van der Waals surface area (Å²) in [7, 11) is 0. The molecule has 3 aromatic rings. The number of hydrogen-bond donors (Lipinski definition) is 0. The van der Waals surface area contributed by atoms with Gasteiger partial charge in [0.25, 0.3) is 0 Å². The van der Waals surface area contributed by atoms with Gasteiger partial charge in [0.1, 0.15) is 0 Å². The number of fused-ring (bicyclic) bond motifs is 3. The van der Waals surface area contributed by atoms with Crippen LogP contribution in [0.2, 0.25) is 0 Å². The topological polar surface area (TPSA) is 0 Å². The summed E-state index contributed by atoms with van der Waals surface area (Å²) in [5, 5.41) is 0. The van der Waals surface area contributed by atoms with Crippen LogP contribution >= 0.6 is 15.9 Å². The lowest BCUT2D eigenvalue weighted by atomic mass is 9.82. The number of rotatable bonds is 2. The van der Waals surface area contributed by atoms with E-state index in [1.807, 2.05) is 6.07 Å². The average Bonchev–Trinajstić information content (AvgIpc) is 2.81. The second kappa shape index (κ2) is 5.75. The predicted octanol–water partition coefficient (Wildman–Crippen LogP) is 6.93. The van der Waals surface area contributed by atoms with Crippen LogP contribution in [0, 0.1) is 0 Å². The van der Waals surface area contributed by atoms with Crippen LogP contribution in [-0.2, 0) is 5.41 Å². The van der Waals surface area contributed by atoms with Crippen LogP contribution in [0.25, 0.3) is 23.3 Å². The third-order valence-electron chi connectivity index (χ3n) is 4.93. The fourth-order valence-corrected chi connectivity index (χ4v) is 3.95.